The van der Waals surface area contributed by atoms with Crippen LogP contribution in [0.25, 0.3) is 0 Å². The van der Waals surface area contributed by atoms with E-state index in [2.05, 4.69) is 28.1 Å². The summed E-state index contributed by atoms with van der Waals surface area (Å²) in [4.78, 5) is 6.95. The Morgan fingerprint density at radius 2 is 2.20 bits per heavy atom. The molecule has 3 rings (SSSR count). The molecule has 0 radical (unpaired) electrons. The quantitative estimate of drug-likeness (QED) is 0.859. The fraction of sp³-hybridized carbons (Fsp3) is 0.600. The first-order chi connectivity index (χ1) is 9.61. The molecule has 0 N–H and O–H groups in total. The highest BCUT2D eigenvalue weighted by atomic mass is 16.4. The lowest BCUT2D eigenvalue weighted by atomic mass is 10.2. The number of hydrogen-bond acceptors (Lipinski definition) is 4. The van der Waals surface area contributed by atoms with Gasteiger partial charge in [-0.15, -0.1) is 0 Å². The van der Waals surface area contributed by atoms with Crippen LogP contribution in [0.3, 0.4) is 0 Å². The van der Waals surface area contributed by atoms with E-state index in [9.17, 15) is 0 Å². The highest BCUT2D eigenvalue weighted by Gasteiger charge is 2.26. The molecule has 0 amide bonds. The summed E-state index contributed by atoms with van der Waals surface area (Å²) in [5.41, 5.74) is 2.21. The van der Waals surface area contributed by atoms with Crippen molar-refractivity contribution in [2.45, 2.75) is 52.7 Å². The third-order valence-electron chi connectivity index (χ3n) is 4.07. The summed E-state index contributed by atoms with van der Waals surface area (Å²) in [6.45, 7) is 8.92. The summed E-state index contributed by atoms with van der Waals surface area (Å²) in [5, 5.41) is 4.39. The second-order valence-electron chi connectivity index (χ2n) is 5.76. The molecule has 5 nitrogen and oxygen atoms in total. The molecular formula is C15H22N4O. The molecule has 1 aliphatic heterocycles. The van der Waals surface area contributed by atoms with Gasteiger partial charge in [0.2, 0.25) is 5.89 Å². The largest absolute Gasteiger partial charge is 0.444 e. The van der Waals surface area contributed by atoms with E-state index in [-0.39, 0.29) is 0 Å². The zero-order valence-electron chi connectivity index (χ0n) is 12.5. The Morgan fingerprint density at radius 1 is 1.35 bits per heavy atom. The predicted molar refractivity (Wildman–Crippen MR) is 76.4 cm³/mol. The number of aromatic nitrogens is 3. The molecule has 1 saturated heterocycles. The highest BCUT2D eigenvalue weighted by molar-refractivity contribution is 5.05. The number of aryl methyl sites for hydroxylation is 3. The van der Waals surface area contributed by atoms with Gasteiger partial charge in [-0.1, -0.05) is 0 Å². The smallest absolute Gasteiger partial charge is 0.208 e. The molecule has 1 aliphatic rings. The fourth-order valence-corrected chi connectivity index (χ4v) is 2.87. The Bertz CT molecular complexity index is 567. The number of hydrogen-bond donors (Lipinski definition) is 0. The van der Waals surface area contributed by atoms with E-state index in [0.29, 0.717) is 6.04 Å². The van der Waals surface area contributed by atoms with Gasteiger partial charge >= 0.3 is 0 Å². The predicted octanol–water partition coefficient (Wildman–Crippen LogP) is 2.46. The van der Waals surface area contributed by atoms with E-state index < -0.39 is 0 Å². The van der Waals surface area contributed by atoms with Gasteiger partial charge in [-0.25, -0.2) is 4.98 Å². The third-order valence-corrected chi connectivity index (χ3v) is 4.07. The van der Waals surface area contributed by atoms with Crippen LogP contribution in [0.5, 0.6) is 0 Å². The van der Waals surface area contributed by atoms with Crippen molar-refractivity contribution in [1.29, 1.82) is 0 Å². The Labute approximate surface area is 119 Å². The molecule has 1 atom stereocenters. The summed E-state index contributed by atoms with van der Waals surface area (Å²) in [7, 11) is 0. The maximum absolute atomic E-state index is 5.70. The summed E-state index contributed by atoms with van der Waals surface area (Å²) in [6.07, 6.45) is 6.48. The number of nitrogens with zero attached hydrogens (tertiary/aromatic N) is 4. The average molecular weight is 274 g/mol. The van der Waals surface area contributed by atoms with Crippen molar-refractivity contribution < 1.29 is 4.42 Å². The lowest BCUT2D eigenvalue weighted by Gasteiger charge is -2.22. The molecule has 0 bridgehead atoms. The minimum Gasteiger partial charge on any atom is -0.444 e. The van der Waals surface area contributed by atoms with Crippen molar-refractivity contribution in [2.24, 2.45) is 0 Å². The molecule has 108 valence electrons. The minimum atomic E-state index is 0.529. The molecule has 0 unspecified atom stereocenters. The number of oxazole rings is 1. The van der Waals surface area contributed by atoms with Gasteiger partial charge in [-0.2, -0.15) is 5.10 Å². The van der Waals surface area contributed by atoms with Crippen LogP contribution in [0.15, 0.2) is 16.8 Å². The van der Waals surface area contributed by atoms with E-state index in [1.807, 2.05) is 24.7 Å². The minimum absolute atomic E-state index is 0.529. The Kier molecular flexibility index (Phi) is 3.61. The van der Waals surface area contributed by atoms with E-state index in [0.717, 1.165) is 37.0 Å². The van der Waals surface area contributed by atoms with Crippen molar-refractivity contribution in [3.05, 3.63) is 35.3 Å². The van der Waals surface area contributed by atoms with Crippen molar-refractivity contribution in [3.63, 3.8) is 0 Å². The SMILES string of the molecule is Cc1cnn(C[C@H]2CCCN2Cc2nc(C)c(C)o2)c1. The van der Waals surface area contributed by atoms with E-state index in [1.165, 1.54) is 18.4 Å². The van der Waals surface area contributed by atoms with Crippen molar-refractivity contribution >= 4 is 0 Å². The van der Waals surface area contributed by atoms with Gasteiger partial charge in [0.1, 0.15) is 5.76 Å². The molecule has 1 fully saturated rings. The van der Waals surface area contributed by atoms with Gasteiger partial charge in [-0.05, 0) is 45.7 Å². The van der Waals surface area contributed by atoms with Crippen LogP contribution in [0.1, 0.15) is 35.7 Å². The van der Waals surface area contributed by atoms with Gasteiger partial charge < -0.3 is 4.42 Å². The monoisotopic (exact) mass is 274 g/mol. The summed E-state index contributed by atoms with van der Waals surface area (Å²) < 4.78 is 7.75. The Hall–Kier alpha value is -1.62. The van der Waals surface area contributed by atoms with Crippen molar-refractivity contribution in [1.82, 2.24) is 19.7 Å². The van der Waals surface area contributed by atoms with E-state index >= 15 is 0 Å². The first-order valence-electron chi connectivity index (χ1n) is 7.28. The van der Waals surface area contributed by atoms with Crippen molar-refractivity contribution in [3.8, 4) is 0 Å². The van der Waals surface area contributed by atoms with Crippen LogP contribution >= 0.6 is 0 Å². The molecule has 5 heteroatoms. The maximum Gasteiger partial charge on any atom is 0.208 e. The van der Waals surface area contributed by atoms with Crippen LogP contribution in [-0.2, 0) is 13.1 Å². The topological polar surface area (TPSA) is 47.1 Å². The molecule has 2 aromatic heterocycles. The Morgan fingerprint density at radius 3 is 2.85 bits per heavy atom. The van der Waals surface area contributed by atoms with E-state index in [1.54, 1.807) is 0 Å². The molecule has 3 heterocycles. The zero-order valence-corrected chi connectivity index (χ0v) is 12.5. The number of rotatable bonds is 4. The molecular weight excluding hydrogens is 252 g/mol. The molecule has 0 aliphatic carbocycles. The van der Waals surface area contributed by atoms with Gasteiger partial charge in [0.05, 0.1) is 25.0 Å². The standard InChI is InChI=1S/C15H22N4O/c1-11-7-16-19(8-11)9-14-5-4-6-18(14)10-15-17-12(2)13(3)20-15/h7-8,14H,4-6,9-10H2,1-3H3/t14-/m1/s1. The zero-order chi connectivity index (χ0) is 14.1. The second-order valence-corrected chi connectivity index (χ2v) is 5.76. The lowest BCUT2D eigenvalue weighted by Crippen LogP contribution is -2.32. The van der Waals surface area contributed by atoms with Gasteiger partial charge in [-0.3, -0.25) is 9.58 Å². The van der Waals surface area contributed by atoms with Crippen LogP contribution < -0.4 is 0 Å². The summed E-state index contributed by atoms with van der Waals surface area (Å²) >= 11 is 0. The van der Waals surface area contributed by atoms with Crippen LogP contribution in [-0.4, -0.2) is 32.3 Å². The molecule has 0 aromatic carbocycles. The van der Waals surface area contributed by atoms with Crippen molar-refractivity contribution in [2.75, 3.05) is 6.54 Å². The van der Waals surface area contributed by atoms with Crippen LogP contribution in [0.4, 0.5) is 0 Å². The second kappa shape index (κ2) is 5.40. The van der Waals surface area contributed by atoms with Gasteiger partial charge in [0.15, 0.2) is 0 Å². The van der Waals surface area contributed by atoms with Gasteiger partial charge in [0.25, 0.3) is 0 Å². The lowest BCUT2D eigenvalue weighted by molar-refractivity contribution is 0.199. The highest BCUT2D eigenvalue weighted by Crippen LogP contribution is 2.22. The summed E-state index contributed by atoms with van der Waals surface area (Å²) in [5.74, 6) is 1.77. The third kappa shape index (κ3) is 2.77. The molecule has 0 saturated carbocycles. The molecule has 20 heavy (non-hydrogen) atoms. The molecule has 2 aromatic rings. The molecule has 0 spiro atoms. The first-order valence-corrected chi connectivity index (χ1v) is 7.28. The fourth-order valence-electron chi connectivity index (χ4n) is 2.87. The normalized spacial score (nSPS) is 19.9. The van der Waals surface area contributed by atoms with E-state index in [4.69, 9.17) is 4.42 Å². The Balaban J connectivity index is 1.66. The average Bonchev–Trinajstić information content (AvgIpc) is 3.06. The van der Waals surface area contributed by atoms with Crippen LogP contribution in [0, 0.1) is 20.8 Å². The first kappa shape index (κ1) is 13.4. The number of likely N-dealkylation sites (tertiary alicyclic amines) is 1. The van der Waals surface area contributed by atoms with Crippen LogP contribution in [0.2, 0.25) is 0 Å². The maximum atomic E-state index is 5.70. The summed E-state index contributed by atoms with van der Waals surface area (Å²) in [6, 6.07) is 0.529. The van der Waals surface area contributed by atoms with Gasteiger partial charge in [0, 0.05) is 12.2 Å².